The lowest BCUT2D eigenvalue weighted by Gasteiger charge is -2.35. The van der Waals surface area contributed by atoms with Crippen molar-refractivity contribution in [2.24, 2.45) is 0 Å². The molecule has 2 rings (SSSR count). The highest BCUT2D eigenvalue weighted by atomic mass is 31.2. The Morgan fingerprint density at radius 3 is 2.07 bits per heavy atom. The van der Waals surface area contributed by atoms with Crippen LogP contribution in [0.1, 0.15) is 30.0 Å². The molecule has 0 radical (unpaired) electrons. The average molecular weight is 406 g/mol. The normalized spacial score (nSPS) is 14.7. The second-order valence-corrected chi connectivity index (χ2v) is 6.82. The quantitative estimate of drug-likeness (QED) is 0.425. The van der Waals surface area contributed by atoms with Gasteiger partial charge in [0.1, 0.15) is 0 Å². The molecule has 1 heterocycles. The minimum absolute atomic E-state index is 0.255. The van der Waals surface area contributed by atoms with Gasteiger partial charge in [-0.05, 0) is 26.0 Å². The number of carbonyl (C=O) groups excluding carboxylic acids is 1. The lowest BCUT2D eigenvalue weighted by atomic mass is 9.87. The number of hydrogen-bond donors (Lipinski definition) is 0. The summed E-state index contributed by atoms with van der Waals surface area (Å²) in [4.78, 5) is 12.9. The lowest BCUT2D eigenvalue weighted by Crippen LogP contribution is -2.51. The molecule has 0 saturated carbocycles. The maximum absolute atomic E-state index is 14.3. The minimum atomic E-state index is -5.30. The molecule has 148 valence electrons. The van der Waals surface area contributed by atoms with Gasteiger partial charge in [0.05, 0.1) is 19.5 Å². The van der Waals surface area contributed by atoms with Crippen LogP contribution in [-0.4, -0.2) is 25.2 Å². The number of benzene rings is 1. The Morgan fingerprint density at radius 1 is 1.04 bits per heavy atom. The molecular formula is C17H18F3O6P. The van der Waals surface area contributed by atoms with Crippen molar-refractivity contribution in [2.45, 2.75) is 25.6 Å². The zero-order chi connectivity index (χ0) is 20.1. The van der Waals surface area contributed by atoms with E-state index in [9.17, 15) is 22.5 Å². The number of phosphoric acid groups is 1. The molecule has 0 fully saturated rings. The van der Waals surface area contributed by atoms with Gasteiger partial charge in [0, 0.05) is 5.56 Å². The van der Waals surface area contributed by atoms with Gasteiger partial charge in [-0.2, -0.15) is 13.2 Å². The van der Waals surface area contributed by atoms with E-state index in [1.165, 1.54) is 38.1 Å². The van der Waals surface area contributed by atoms with Gasteiger partial charge in [0.2, 0.25) is 5.78 Å². The lowest BCUT2D eigenvalue weighted by molar-refractivity contribution is -0.237. The first-order valence-corrected chi connectivity index (χ1v) is 9.46. The van der Waals surface area contributed by atoms with Crippen molar-refractivity contribution in [1.82, 2.24) is 0 Å². The molecule has 0 aliphatic heterocycles. The van der Waals surface area contributed by atoms with Crippen molar-refractivity contribution in [1.29, 1.82) is 0 Å². The number of alkyl halides is 3. The Bertz CT molecular complexity index is 781. The molecule has 0 amide bonds. The molecule has 6 nitrogen and oxygen atoms in total. The maximum Gasteiger partial charge on any atom is 0.476 e. The van der Waals surface area contributed by atoms with Crippen molar-refractivity contribution >= 4 is 13.6 Å². The Hall–Kier alpha value is -1.93. The summed E-state index contributed by atoms with van der Waals surface area (Å²) in [6.07, 6.45) is -4.26. The third kappa shape index (κ3) is 4.32. The Labute approximate surface area is 153 Å². The third-order valence-electron chi connectivity index (χ3n) is 3.47. The highest BCUT2D eigenvalue weighted by Gasteiger charge is 2.67. The molecule has 10 heteroatoms. The van der Waals surface area contributed by atoms with Crippen molar-refractivity contribution in [3.8, 4) is 0 Å². The smallest absolute Gasteiger partial charge is 0.461 e. The highest BCUT2D eigenvalue weighted by molar-refractivity contribution is 7.48. The molecule has 1 atom stereocenters. The predicted octanol–water partition coefficient (Wildman–Crippen LogP) is 5.12. The van der Waals surface area contributed by atoms with E-state index in [2.05, 4.69) is 0 Å². The molecular weight excluding hydrogens is 388 g/mol. The van der Waals surface area contributed by atoms with E-state index < -0.39 is 36.7 Å². The number of hydrogen-bond acceptors (Lipinski definition) is 6. The van der Waals surface area contributed by atoms with Crippen molar-refractivity contribution in [3.63, 3.8) is 0 Å². The second-order valence-electron chi connectivity index (χ2n) is 5.23. The van der Waals surface area contributed by atoms with Gasteiger partial charge in [0.15, 0.2) is 5.76 Å². The van der Waals surface area contributed by atoms with Crippen molar-refractivity contribution in [2.75, 3.05) is 13.2 Å². The van der Waals surface area contributed by atoms with Crippen LogP contribution in [0.25, 0.3) is 0 Å². The number of Topliss-reactive ketones (excluding diaryl/α,β-unsaturated/α-hetero) is 1. The van der Waals surface area contributed by atoms with Crippen LogP contribution >= 0.6 is 7.82 Å². The van der Waals surface area contributed by atoms with Crippen LogP contribution in [0.5, 0.6) is 0 Å². The van der Waals surface area contributed by atoms with Crippen LogP contribution in [0.15, 0.2) is 53.1 Å². The largest absolute Gasteiger partial charge is 0.476 e. The SMILES string of the molecule is CCOP(=O)(OCC)OC(C(=O)c1ccco1)(c1ccccc1)C(F)(F)F. The van der Waals surface area contributed by atoms with Gasteiger partial charge in [-0.25, -0.2) is 4.57 Å². The number of ketones is 1. The first-order valence-electron chi connectivity index (χ1n) is 8.00. The van der Waals surface area contributed by atoms with E-state index in [1.54, 1.807) is 0 Å². The summed E-state index contributed by atoms with van der Waals surface area (Å²) >= 11 is 0. The van der Waals surface area contributed by atoms with Crippen LogP contribution in [0, 0.1) is 0 Å². The summed E-state index contributed by atoms with van der Waals surface area (Å²) in [5.41, 5.74) is -4.23. The summed E-state index contributed by atoms with van der Waals surface area (Å²) in [5, 5.41) is 0. The van der Waals surface area contributed by atoms with Gasteiger partial charge >= 0.3 is 14.0 Å². The number of phosphoric ester groups is 1. The molecule has 0 aliphatic rings. The van der Waals surface area contributed by atoms with E-state index in [1.807, 2.05) is 0 Å². The molecule has 1 aromatic heterocycles. The first-order chi connectivity index (χ1) is 12.7. The topological polar surface area (TPSA) is 75.0 Å². The van der Waals surface area contributed by atoms with Crippen LogP contribution in [-0.2, 0) is 23.7 Å². The van der Waals surface area contributed by atoms with Gasteiger partial charge < -0.3 is 4.42 Å². The van der Waals surface area contributed by atoms with E-state index in [0.717, 1.165) is 24.5 Å². The molecule has 27 heavy (non-hydrogen) atoms. The standard InChI is InChI=1S/C17H18F3O6P/c1-3-24-27(22,25-4-2)26-16(17(18,19)20,13-9-6-5-7-10-13)15(21)14-11-8-12-23-14/h5-12H,3-4H2,1-2H3. The maximum atomic E-state index is 14.3. The van der Waals surface area contributed by atoms with Crippen LogP contribution < -0.4 is 0 Å². The van der Waals surface area contributed by atoms with Crippen molar-refractivity contribution < 1.29 is 40.5 Å². The number of rotatable bonds is 9. The molecule has 0 saturated heterocycles. The molecule has 0 N–H and O–H groups in total. The Balaban J connectivity index is 2.72. The third-order valence-corrected chi connectivity index (χ3v) is 5.11. The molecule has 1 unspecified atom stereocenters. The Kier molecular flexibility index (Phi) is 6.64. The van der Waals surface area contributed by atoms with Gasteiger partial charge in [0.25, 0.3) is 5.60 Å². The van der Waals surface area contributed by atoms with Gasteiger partial charge in [-0.15, -0.1) is 0 Å². The monoisotopic (exact) mass is 406 g/mol. The van der Waals surface area contributed by atoms with E-state index in [0.29, 0.717) is 0 Å². The summed E-state index contributed by atoms with van der Waals surface area (Å²) in [7, 11) is -4.74. The van der Waals surface area contributed by atoms with E-state index in [4.69, 9.17) is 18.0 Å². The number of halogens is 3. The van der Waals surface area contributed by atoms with E-state index in [-0.39, 0.29) is 13.2 Å². The van der Waals surface area contributed by atoms with Crippen LogP contribution in [0.4, 0.5) is 13.2 Å². The van der Waals surface area contributed by atoms with Crippen LogP contribution in [0.2, 0.25) is 0 Å². The van der Waals surface area contributed by atoms with Gasteiger partial charge in [-0.3, -0.25) is 18.4 Å². The Morgan fingerprint density at radius 2 is 1.63 bits per heavy atom. The molecule has 0 bridgehead atoms. The minimum Gasteiger partial charge on any atom is -0.461 e. The molecule has 1 aromatic carbocycles. The molecule has 0 spiro atoms. The predicted molar refractivity (Wildman–Crippen MR) is 89.2 cm³/mol. The fraction of sp³-hybridized carbons (Fsp3) is 0.353. The highest BCUT2D eigenvalue weighted by Crippen LogP contribution is 2.59. The van der Waals surface area contributed by atoms with Crippen LogP contribution in [0.3, 0.4) is 0 Å². The van der Waals surface area contributed by atoms with Gasteiger partial charge in [-0.1, -0.05) is 30.3 Å². The number of furan rings is 1. The van der Waals surface area contributed by atoms with E-state index >= 15 is 0 Å². The zero-order valence-electron chi connectivity index (χ0n) is 14.6. The summed E-state index contributed by atoms with van der Waals surface area (Å²) in [5.74, 6) is -2.19. The number of carbonyl (C=O) groups is 1. The van der Waals surface area contributed by atoms with Crippen molar-refractivity contribution in [3.05, 3.63) is 60.1 Å². The fourth-order valence-electron chi connectivity index (χ4n) is 2.40. The summed E-state index contributed by atoms with van der Waals surface area (Å²) in [6, 6.07) is 8.44. The molecule has 2 aromatic rings. The first kappa shape index (κ1) is 21.4. The fourth-order valence-corrected chi connectivity index (χ4v) is 3.84. The average Bonchev–Trinajstić information content (AvgIpc) is 3.14. The summed E-state index contributed by atoms with van der Waals surface area (Å²) in [6.45, 7) is 2.30. The second kappa shape index (κ2) is 8.39. The molecule has 0 aliphatic carbocycles. The summed E-state index contributed by atoms with van der Waals surface area (Å²) < 4.78 is 75.1. The zero-order valence-corrected chi connectivity index (χ0v) is 15.5.